The number of nitrogens with one attached hydrogen (secondary N) is 2. The van der Waals surface area contributed by atoms with Crippen molar-refractivity contribution in [3.63, 3.8) is 0 Å². The van der Waals surface area contributed by atoms with Gasteiger partial charge in [-0.05, 0) is 62.9 Å². The molecule has 0 saturated carbocycles. The molecule has 0 radical (unpaired) electrons. The summed E-state index contributed by atoms with van der Waals surface area (Å²) in [5.74, 6) is -0.191. The summed E-state index contributed by atoms with van der Waals surface area (Å²) in [5.41, 5.74) is -0.684. The first kappa shape index (κ1) is 25.7. The van der Waals surface area contributed by atoms with Crippen molar-refractivity contribution in [3.8, 4) is 0 Å². The molecule has 3 N–H and O–H groups in total. The number of carbonyl (C=O) groups excluding carboxylic acids is 2. The van der Waals surface area contributed by atoms with E-state index in [2.05, 4.69) is 10.6 Å². The number of alkyl carbamates (subject to hydrolysis) is 1. The van der Waals surface area contributed by atoms with Crippen LogP contribution in [-0.2, 0) is 22.6 Å². The van der Waals surface area contributed by atoms with Gasteiger partial charge in [-0.15, -0.1) is 22.7 Å². The van der Waals surface area contributed by atoms with Crippen molar-refractivity contribution in [3.05, 3.63) is 44.8 Å². The molecule has 1 atom stereocenters. The number of unbranched alkanes of at least 4 members (excludes halogenated alkanes) is 1. The number of carbonyl (C=O) groups is 3. The van der Waals surface area contributed by atoms with E-state index in [1.165, 1.54) is 0 Å². The van der Waals surface area contributed by atoms with Crippen molar-refractivity contribution in [2.24, 2.45) is 0 Å². The van der Waals surface area contributed by atoms with E-state index in [0.717, 1.165) is 9.75 Å². The van der Waals surface area contributed by atoms with E-state index in [0.29, 0.717) is 32.4 Å². The molecule has 2 aromatic heterocycles. The Kier molecular flexibility index (Phi) is 9.98. The summed E-state index contributed by atoms with van der Waals surface area (Å²) in [7, 11) is 0. The molecule has 0 bridgehead atoms. The van der Waals surface area contributed by atoms with Crippen LogP contribution in [-0.4, -0.2) is 46.3 Å². The SMILES string of the molecule is CC(C)(C)OC(=O)N[C@@H](CCCCNC(=O)O)C(=O)N(Cc1cccs1)Cc1cccs1. The van der Waals surface area contributed by atoms with Gasteiger partial charge in [-0.1, -0.05) is 12.1 Å². The lowest BCUT2D eigenvalue weighted by Gasteiger charge is -2.28. The van der Waals surface area contributed by atoms with Crippen LogP contribution in [0.4, 0.5) is 9.59 Å². The van der Waals surface area contributed by atoms with E-state index in [1.54, 1.807) is 48.3 Å². The van der Waals surface area contributed by atoms with Crippen molar-refractivity contribution in [2.75, 3.05) is 6.54 Å². The van der Waals surface area contributed by atoms with Crippen molar-refractivity contribution < 1.29 is 24.2 Å². The van der Waals surface area contributed by atoms with Crippen LogP contribution in [0.3, 0.4) is 0 Å². The van der Waals surface area contributed by atoms with E-state index in [-0.39, 0.29) is 12.5 Å². The zero-order valence-corrected chi connectivity index (χ0v) is 20.3. The molecule has 3 amide bonds. The molecule has 32 heavy (non-hydrogen) atoms. The number of hydrogen-bond acceptors (Lipinski definition) is 6. The first-order valence-electron chi connectivity index (χ1n) is 10.4. The van der Waals surface area contributed by atoms with Crippen LogP contribution in [0, 0.1) is 0 Å². The molecule has 0 aliphatic rings. The summed E-state index contributed by atoms with van der Waals surface area (Å²) in [5, 5.41) is 17.7. The molecule has 8 nitrogen and oxygen atoms in total. The second-order valence-corrected chi connectivity index (χ2v) is 10.3. The second-order valence-electron chi connectivity index (χ2n) is 8.28. The standard InChI is InChI=1S/C22H31N3O5S2/c1-22(2,3)30-21(29)24-18(10-4-5-11-23-20(27)28)19(26)25(14-16-8-6-12-31-16)15-17-9-7-13-32-17/h6-9,12-13,18,23H,4-5,10-11,14-15H2,1-3H3,(H,24,29)(H,27,28)/t18-/m0/s1. The Morgan fingerprint density at radius 3 is 2.12 bits per heavy atom. The molecule has 0 spiro atoms. The van der Waals surface area contributed by atoms with Gasteiger partial charge in [0.05, 0.1) is 13.1 Å². The lowest BCUT2D eigenvalue weighted by Crippen LogP contribution is -2.49. The van der Waals surface area contributed by atoms with Crippen LogP contribution < -0.4 is 10.6 Å². The molecule has 176 valence electrons. The van der Waals surface area contributed by atoms with Crippen molar-refractivity contribution in [1.29, 1.82) is 0 Å². The maximum atomic E-state index is 13.5. The topological polar surface area (TPSA) is 108 Å². The van der Waals surface area contributed by atoms with E-state index < -0.39 is 23.8 Å². The van der Waals surface area contributed by atoms with E-state index in [9.17, 15) is 14.4 Å². The monoisotopic (exact) mass is 481 g/mol. The van der Waals surface area contributed by atoms with Crippen molar-refractivity contribution >= 4 is 40.8 Å². The normalized spacial score (nSPS) is 12.1. The van der Waals surface area contributed by atoms with Gasteiger partial charge in [-0.25, -0.2) is 9.59 Å². The number of thiophene rings is 2. The molecule has 2 rings (SSSR count). The number of carboxylic acid groups (broad SMARTS) is 1. The summed E-state index contributed by atoms with van der Waals surface area (Å²) in [4.78, 5) is 40.4. The van der Waals surface area contributed by atoms with Gasteiger partial charge in [0, 0.05) is 16.3 Å². The van der Waals surface area contributed by atoms with Gasteiger partial charge in [0.2, 0.25) is 5.91 Å². The second kappa shape index (κ2) is 12.4. The lowest BCUT2D eigenvalue weighted by atomic mass is 10.1. The summed E-state index contributed by atoms with van der Waals surface area (Å²) >= 11 is 3.15. The Balaban J connectivity index is 2.12. The molecule has 0 fully saturated rings. The average Bonchev–Trinajstić information content (AvgIpc) is 3.38. The number of amides is 3. The summed E-state index contributed by atoms with van der Waals surface area (Å²) < 4.78 is 5.36. The number of nitrogens with zero attached hydrogens (tertiary/aromatic N) is 1. The van der Waals surface area contributed by atoms with Crippen LogP contribution in [0.5, 0.6) is 0 Å². The highest BCUT2D eigenvalue weighted by atomic mass is 32.1. The third-order valence-corrected chi connectivity index (χ3v) is 6.07. The predicted molar refractivity (Wildman–Crippen MR) is 126 cm³/mol. The largest absolute Gasteiger partial charge is 0.465 e. The highest BCUT2D eigenvalue weighted by Crippen LogP contribution is 2.19. The molecule has 0 unspecified atom stereocenters. The smallest absolute Gasteiger partial charge is 0.408 e. The Morgan fingerprint density at radius 2 is 1.66 bits per heavy atom. The predicted octanol–water partition coefficient (Wildman–Crippen LogP) is 4.67. The Hall–Kier alpha value is -2.59. The minimum atomic E-state index is -1.08. The number of rotatable bonds is 11. The number of hydrogen-bond donors (Lipinski definition) is 3. The first-order chi connectivity index (χ1) is 15.1. The van der Waals surface area contributed by atoms with E-state index in [1.807, 2.05) is 35.0 Å². The summed E-state index contributed by atoms with van der Waals surface area (Å²) in [6.45, 7) is 6.47. The van der Waals surface area contributed by atoms with Gasteiger partial charge < -0.3 is 25.4 Å². The summed E-state index contributed by atoms with van der Waals surface area (Å²) in [6, 6.07) is 7.08. The lowest BCUT2D eigenvalue weighted by molar-refractivity contribution is -0.134. The van der Waals surface area contributed by atoms with E-state index >= 15 is 0 Å². The Bertz CT molecular complexity index is 811. The van der Waals surface area contributed by atoms with Gasteiger partial charge in [-0.3, -0.25) is 4.79 Å². The molecule has 0 aliphatic heterocycles. The molecular weight excluding hydrogens is 450 g/mol. The molecular formula is C22H31N3O5S2. The zero-order chi connectivity index (χ0) is 23.6. The molecule has 2 heterocycles. The Labute approximate surface area is 196 Å². The van der Waals surface area contributed by atoms with Crippen LogP contribution >= 0.6 is 22.7 Å². The average molecular weight is 482 g/mol. The van der Waals surface area contributed by atoms with Gasteiger partial charge in [0.15, 0.2) is 0 Å². The maximum Gasteiger partial charge on any atom is 0.408 e. The minimum Gasteiger partial charge on any atom is -0.465 e. The molecule has 0 saturated heterocycles. The minimum absolute atomic E-state index is 0.191. The van der Waals surface area contributed by atoms with Gasteiger partial charge in [0.25, 0.3) is 0 Å². The van der Waals surface area contributed by atoms with Crippen LogP contribution in [0.2, 0.25) is 0 Å². The highest BCUT2D eigenvalue weighted by Gasteiger charge is 2.28. The third-order valence-electron chi connectivity index (χ3n) is 4.35. The molecule has 0 aromatic carbocycles. The van der Waals surface area contributed by atoms with Crippen LogP contribution in [0.15, 0.2) is 35.0 Å². The maximum absolute atomic E-state index is 13.5. The molecule has 2 aromatic rings. The fourth-order valence-electron chi connectivity index (χ4n) is 2.99. The zero-order valence-electron chi connectivity index (χ0n) is 18.6. The van der Waals surface area contributed by atoms with Gasteiger partial charge in [0.1, 0.15) is 11.6 Å². The van der Waals surface area contributed by atoms with E-state index in [4.69, 9.17) is 9.84 Å². The summed E-state index contributed by atoms with van der Waals surface area (Å²) in [6.07, 6.45) is -0.223. The highest BCUT2D eigenvalue weighted by molar-refractivity contribution is 7.10. The fraction of sp³-hybridized carbons (Fsp3) is 0.500. The van der Waals surface area contributed by atoms with Gasteiger partial charge >= 0.3 is 12.2 Å². The molecule has 10 heteroatoms. The number of ether oxygens (including phenoxy) is 1. The van der Waals surface area contributed by atoms with Crippen molar-refractivity contribution in [1.82, 2.24) is 15.5 Å². The van der Waals surface area contributed by atoms with Crippen molar-refractivity contribution in [2.45, 2.75) is 64.8 Å². The van der Waals surface area contributed by atoms with Crippen LogP contribution in [0.25, 0.3) is 0 Å². The third kappa shape index (κ3) is 9.69. The van der Waals surface area contributed by atoms with Gasteiger partial charge in [-0.2, -0.15) is 0 Å². The quantitative estimate of drug-likeness (QED) is 0.404. The Morgan fingerprint density at radius 1 is 1.06 bits per heavy atom. The molecule has 0 aliphatic carbocycles. The fourth-order valence-corrected chi connectivity index (χ4v) is 4.43. The first-order valence-corrected chi connectivity index (χ1v) is 12.2. The van der Waals surface area contributed by atoms with Crippen LogP contribution in [0.1, 0.15) is 49.8 Å².